The Balaban J connectivity index is 0.000000186. The van der Waals surface area contributed by atoms with Gasteiger partial charge in [0.15, 0.2) is 23.0 Å². The van der Waals surface area contributed by atoms with E-state index in [1.165, 1.54) is 42.4 Å². The van der Waals surface area contributed by atoms with Crippen LogP contribution in [-0.2, 0) is 106 Å². The smallest absolute Gasteiger partial charge is 0.399 e. The second kappa shape index (κ2) is 29.3. The van der Waals surface area contributed by atoms with E-state index in [-0.39, 0.29) is 111 Å². The fourth-order valence-electron chi connectivity index (χ4n) is 12.3. The minimum atomic E-state index is -1.42. The first kappa shape index (κ1) is 70.9. The number of nitrogens with zero attached hydrogens (tertiary/aromatic N) is 6. The molecule has 2 aromatic heterocycles. The van der Waals surface area contributed by atoms with Crippen LogP contribution in [0.3, 0.4) is 0 Å². The van der Waals surface area contributed by atoms with Crippen LogP contribution in [-0.4, -0.2) is 132 Å². The minimum absolute atomic E-state index is 0. The Morgan fingerprint density at radius 3 is 1.64 bits per heavy atom. The number of benzene rings is 6. The van der Waals surface area contributed by atoms with Crippen molar-refractivity contribution in [1.29, 1.82) is 0 Å². The summed E-state index contributed by atoms with van der Waals surface area (Å²) in [5.74, 6) is -4.60. The Labute approximate surface area is 569 Å². The van der Waals surface area contributed by atoms with E-state index in [1.54, 1.807) is 91.0 Å². The fourth-order valence-corrected chi connectivity index (χ4v) is 12.7. The Morgan fingerprint density at radius 1 is 0.632 bits per heavy atom. The first-order valence-electron chi connectivity index (χ1n) is 30.0. The van der Waals surface area contributed by atoms with Crippen molar-refractivity contribution in [1.82, 2.24) is 29.4 Å². The normalized spacial score (nSPS) is 18.7. The molecular weight excluding hydrogens is 1350 g/mol. The number of aromatic nitrogens is 4. The van der Waals surface area contributed by atoms with E-state index in [0.29, 0.717) is 51.7 Å². The van der Waals surface area contributed by atoms with Gasteiger partial charge in [-0.25, -0.2) is 17.6 Å². The summed E-state index contributed by atoms with van der Waals surface area (Å²) in [5, 5.41) is 12.1. The molecule has 4 atom stereocenters. The predicted molar refractivity (Wildman–Crippen MR) is 362 cm³/mol. The van der Waals surface area contributed by atoms with Crippen molar-refractivity contribution in [3.8, 4) is 11.1 Å². The lowest BCUT2D eigenvalue weighted by molar-refractivity contribution is -0.138. The number of carbonyl (C=O) groups is 8. The van der Waals surface area contributed by atoms with Crippen molar-refractivity contribution in [2.45, 2.75) is 121 Å². The largest absolute Gasteiger partial charge is 0.497 e. The van der Waals surface area contributed by atoms with E-state index in [9.17, 15) is 47.1 Å². The number of halogens is 5. The van der Waals surface area contributed by atoms with Crippen LogP contribution in [0, 0.1) is 11.6 Å². The quantitative estimate of drug-likeness (QED) is 0.0695. The zero-order chi connectivity index (χ0) is 67.7. The van der Waals surface area contributed by atoms with Gasteiger partial charge < -0.3 is 35.9 Å². The SMILES string of the molecule is CC1(C)OB(c2cccc(CC(=O)[C@@H]3C[C@@H](F)CN3C(=O)Cn3nc(C(N)=O)c4ccccc43)c2F)OC1(C)C.NC(=O)c1nn(CC(=O)N2C[C@H](F)C[C@H]2C(=O)Cc2cccc(-c3ccc4c(c3)NC(=O)C4)c2F)c2ccccc12.O=C1Cc2ccc(Br)cc2C1.S.S=S. The third kappa shape index (κ3) is 15.2. The molecular formula is C67H65BBrF4N9O10S3. The fraction of sp³-hybridized carbons (Fsp3) is 0.313. The first-order valence-corrected chi connectivity index (χ1v) is 32.1. The maximum Gasteiger partial charge on any atom is 0.497 e. The first-order chi connectivity index (χ1) is 44.7. The van der Waals surface area contributed by atoms with Crippen molar-refractivity contribution in [2.75, 3.05) is 18.4 Å². The van der Waals surface area contributed by atoms with Gasteiger partial charge in [-0.2, -0.15) is 23.7 Å². The number of anilines is 1. The molecule has 19 nitrogen and oxygen atoms in total. The molecule has 6 aromatic carbocycles. The van der Waals surface area contributed by atoms with Gasteiger partial charge in [0.2, 0.25) is 17.7 Å². The van der Waals surface area contributed by atoms with E-state index in [4.69, 9.17) is 20.8 Å². The van der Waals surface area contributed by atoms with Gasteiger partial charge in [-0.3, -0.25) is 47.7 Å². The predicted octanol–water partition coefficient (Wildman–Crippen LogP) is 7.74. The number of ketones is 3. The van der Waals surface area contributed by atoms with Crippen LogP contribution in [0.5, 0.6) is 0 Å². The molecule has 0 radical (unpaired) electrons. The van der Waals surface area contributed by atoms with Gasteiger partial charge in [0.25, 0.3) is 11.8 Å². The van der Waals surface area contributed by atoms with E-state index in [0.717, 1.165) is 10.0 Å². The molecule has 0 bridgehead atoms. The molecule has 13 rings (SSSR count). The lowest BCUT2D eigenvalue weighted by Gasteiger charge is -2.32. The van der Waals surface area contributed by atoms with Crippen LogP contribution in [0.4, 0.5) is 23.2 Å². The standard InChI is InChI=1S/C30H25F2N5O4.C28H31BF2N4O5.C9H7BrO.S2.H2S/c31-19-13-24(36(14-19)27(40)15-37-23-7-2-1-5-21(23)29(35-37)30(33)41)25(38)11-18-4-3-6-20(28(18)32)16-8-9-17-12-26(39)34-22(17)10-16;1-27(2)28(3,4)40-29(39-27)19-10-7-8-16(24(19)31)12-22(36)21-13-17(30)14-34(21)23(37)15-35-20-11-6-5-9-18(20)25(33-35)26(32)38;10-8-2-1-6-4-9(11)5-7(6)3-8;1-2;/h1-10,19,24H,11-15H2,(H2,33,41)(H,34,39);5-11,17,21H,12-15H2,1-4H3,(H2,32,38);1-3H,4-5H2;;1H2/t19-,24+;17-,21+;;;/m11.../s1. The minimum Gasteiger partial charge on any atom is -0.399 e. The molecule has 0 spiro atoms. The number of primary amides is 2. The van der Waals surface area contributed by atoms with Crippen molar-refractivity contribution in [3.63, 3.8) is 0 Å². The molecule has 8 aromatic rings. The van der Waals surface area contributed by atoms with Gasteiger partial charge in [-0.15, -0.1) is 0 Å². The second-order valence-corrected chi connectivity index (χ2v) is 25.4. The highest BCUT2D eigenvalue weighted by Crippen LogP contribution is 2.38. The number of nitrogens with two attached hydrogens (primary N) is 2. The number of likely N-dealkylation sites (tertiary alicyclic amines) is 2. The number of hydrogen-bond donors (Lipinski definition) is 3. The average Bonchev–Trinajstić information content (AvgIpc) is 1.65. The molecule has 0 unspecified atom stereocenters. The van der Waals surface area contributed by atoms with Crippen LogP contribution in [0.1, 0.15) is 89.3 Å². The van der Waals surface area contributed by atoms with E-state index in [1.807, 2.05) is 45.9 Å². The summed E-state index contributed by atoms with van der Waals surface area (Å²) in [6.45, 7) is 6.24. The molecule has 5 aliphatic rings. The number of alkyl halides is 2. The Bertz CT molecular complexity index is 4370. The van der Waals surface area contributed by atoms with Crippen molar-refractivity contribution >= 4 is 139 Å². The van der Waals surface area contributed by atoms with Gasteiger partial charge in [0, 0.05) is 92.9 Å². The molecule has 0 saturated carbocycles. The maximum atomic E-state index is 15.6. The number of para-hydroxylation sites is 2. The number of Topliss-reactive ketones (excluding diaryl/α,β-unsaturated/α-hetero) is 3. The molecule has 4 aliphatic heterocycles. The monoisotopic (exact) mass is 1420 g/mol. The summed E-state index contributed by atoms with van der Waals surface area (Å²) in [5.41, 5.74) is 15.6. The Hall–Kier alpha value is -8.41. The van der Waals surface area contributed by atoms with Crippen molar-refractivity contribution < 1.29 is 65.2 Å². The molecule has 3 fully saturated rings. The average molecular weight is 1420 g/mol. The molecule has 3 saturated heterocycles. The topological polar surface area (TPSA) is 261 Å². The van der Waals surface area contributed by atoms with Gasteiger partial charge in [-0.1, -0.05) is 107 Å². The Kier molecular flexibility index (Phi) is 21.9. The van der Waals surface area contributed by atoms with Gasteiger partial charge >= 0.3 is 7.12 Å². The van der Waals surface area contributed by atoms with Gasteiger partial charge in [0.05, 0.1) is 53.8 Å². The van der Waals surface area contributed by atoms with E-state index >= 15 is 8.78 Å². The highest BCUT2D eigenvalue weighted by Gasteiger charge is 2.53. The number of nitrogens with one attached hydrogen (secondary N) is 1. The summed E-state index contributed by atoms with van der Waals surface area (Å²) < 4.78 is 75.9. The molecule has 5 amide bonds. The molecule has 95 heavy (non-hydrogen) atoms. The third-order valence-corrected chi connectivity index (χ3v) is 18.1. The second-order valence-electron chi connectivity index (χ2n) is 24.4. The van der Waals surface area contributed by atoms with Crippen LogP contribution in [0.25, 0.3) is 32.9 Å². The summed E-state index contributed by atoms with van der Waals surface area (Å²) in [4.78, 5) is 102. The van der Waals surface area contributed by atoms with Crippen LogP contribution in [0.15, 0.2) is 126 Å². The third-order valence-electron chi connectivity index (χ3n) is 17.7. The summed E-state index contributed by atoms with van der Waals surface area (Å²) in [6, 6.07) is 31.9. The maximum absolute atomic E-state index is 15.6. The number of hydrogen-bond acceptors (Lipinski definition) is 14. The summed E-state index contributed by atoms with van der Waals surface area (Å²) >= 11 is 10.7. The van der Waals surface area contributed by atoms with Gasteiger partial charge in [0.1, 0.15) is 42.9 Å². The number of rotatable bonds is 14. The summed E-state index contributed by atoms with van der Waals surface area (Å²) in [6.07, 6.45) is -2.36. The van der Waals surface area contributed by atoms with E-state index in [2.05, 4.69) is 53.8 Å². The molecule has 1 aliphatic carbocycles. The molecule has 28 heteroatoms. The highest BCUT2D eigenvalue weighted by molar-refractivity contribution is 9.10. The Morgan fingerprint density at radius 2 is 1.12 bits per heavy atom. The number of fused-ring (bicyclic) bond motifs is 4. The highest BCUT2D eigenvalue weighted by atomic mass is 79.9. The molecule has 5 N–H and O–H groups in total. The lowest BCUT2D eigenvalue weighted by atomic mass is 9.77. The van der Waals surface area contributed by atoms with Crippen molar-refractivity contribution in [3.05, 3.63) is 177 Å². The lowest BCUT2D eigenvalue weighted by Crippen LogP contribution is -2.43. The van der Waals surface area contributed by atoms with Crippen molar-refractivity contribution in [2.24, 2.45) is 11.5 Å². The van der Waals surface area contributed by atoms with Crippen LogP contribution in [0.2, 0.25) is 0 Å². The summed E-state index contributed by atoms with van der Waals surface area (Å²) in [7, 11) is -0.950. The zero-order valence-electron chi connectivity index (χ0n) is 51.8. The van der Waals surface area contributed by atoms with Crippen LogP contribution >= 0.6 is 29.4 Å². The zero-order valence-corrected chi connectivity index (χ0v) is 56.1. The van der Waals surface area contributed by atoms with Crippen LogP contribution < -0.4 is 22.2 Å². The number of amides is 5. The molecule has 6 heterocycles. The van der Waals surface area contributed by atoms with E-state index < -0.39 is 89.6 Å². The molecule has 494 valence electrons. The number of carbonyl (C=O) groups excluding carboxylic acids is 8. The van der Waals surface area contributed by atoms with Gasteiger partial charge in [-0.05, 0) is 91.4 Å².